The molecule has 0 spiro atoms. The van der Waals surface area contributed by atoms with Gasteiger partial charge in [-0.15, -0.1) is 0 Å². The number of rotatable bonds is 6. The number of nitrogens with one attached hydrogen (secondary N) is 2. The van der Waals surface area contributed by atoms with Gasteiger partial charge in [-0.05, 0) is 63.5 Å². The van der Waals surface area contributed by atoms with Gasteiger partial charge in [0.1, 0.15) is 0 Å². The summed E-state index contributed by atoms with van der Waals surface area (Å²) in [4.78, 5) is 26.5. The number of carbonyl (C=O) groups excluding carboxylic acids is 2. The highest BCUT2D eigenvalue weighted by Gasteiger charge is 2.29. The first-order valence-electron chi connectivity index (χ1n) is 8.59. The molecule has 1 aromatic rings. The summed E-state index contributed by atoms with van der Waals surface area (Å²) in [5.74, 6) is 0.181. The van der Waals surface area contributed by atoms with Crippen LogP contribution >= 0.6 is 11.6 Å². The first-order chi connectivity index (χ1) is 11.5. The average Bonchev–Trinajstić information content (AvgIpc) is 2.61. The number of nitrogens with zero attached hydrogens (tertiary/aromatic N) is 1. The molecule has 0 aromatic heterocycles. The van der Waals surface area contributed by atoms with Crippen LogP contribution < -0.4 is 10.6 Å². The molecule has 1 heterocycles. The molecule has 0 saturated carbocycles. The fourth-order valence-corrected chi connectivity index (χ4v) is 3.01. The van der Waals surface area contributed by atoms with Crippen molar-refractivity contribution < 1.29 is 9.59 Å². The van der Waals surface area contributed by atoms with E-state index in [-0.39, 0.29) is 23.8 Å². The van der Waals surface area contributed by atoms with Gasteiger partial charge in [-0.1, -0.05) is 18.5 Å². The van der Waals surface area contributed by atoms with Crippen molar-refractivity contribution in [1.29, 1.82) is 0 Å². The summed E-state index contributed by atoms with van der Waals surface area (Å²) < 4.78 is 0. The molecule has 1 aliphatic rings. The van der Waals surface area contributed by atoms with Crippen molar-refractivity contribution in [2.45, 2.75) is 39.2 Å². The van der Waals surface area contributed by atoms with Crippen molar-refractivity contribution in [1.82, 2.24) is 10.2 Å². The molecular formula is C18H26ClN3O2. The van der Waals surface area contributed by atoms with E-state index in [4.69, 9.17) is 11.6 Å². The summed E-state index contributed by atoms with van der Waals surface area (Å²) in [6, 6.07) is 6.86. The Morgan fingerprint density at radius 3 is 2.46 bits per heavy atom. The van der Waals surface area contributed by atoms with Crippen LogP contribution in [0.25, 0.3) is 0 Å². The molecular weight excluding hydrogens is 326 g/mol. The van der Waals surface area contributed by atoms with E-state index in [1.165, 1.54) is 0 Å². The van der Waals surface area contributed by atoms with E-state index in [0.29, 0.717) is 5.02 Å². The monoisotopic (exact) mass is 351 g/mol. The predicted molar refractivity (Wildman–Crippen MR) is 97.1 cm³/mol. The first kappa shape index (κ1) is 18.7. The molecule has 5 nitrogen and oxygen atoms in total. The minimum absolute atomic E-state index is 0.0359. The van der Waals surface area contributed by atoms with Crippen LogP contribution in [0.4, 0.5) is 5.69 Å². The lowest BCUT2D eigenvalue weighted by molar-refractivity contribution is -0.127. The number of piperidine rings is 1. The smallest absolute Gasteiger partial charge is 0.241 e. The minimum atomic E-state index is -0.222. The van der Waals surface area contributed by atoms with Crippen LogP contribution in [0.1, 0.15) is 33.1 Å². The van der Waals surface area contributed by atoms with Crippen LogP contribution in [0, 0.1) is 5.92 Å². The normalized spacial score (nSPS) is 17.3. The van der Waals surface area contributed by atoms with Gasteiger partial charge in [-0.3, -0.25) is 14.5 Å². The van der Waals surface area contributed by atoms with Crippen LogP contribution in [-0.4, -0.2) is 42.4 Å². The van der Waals surface area contributed by atoms with E-state index in [1.54, 1.807) is 24.3 Å². The fraction of sp³-hybridized carbons (Fsp3) is 0.556. The van der Waals surface area contributed by atoms with Crippen molar-refractivity contribution >= 4 is 29.1 Å². The zero-order valence-corrected chi connectivity index (χ0v) is 15.1. The minimum Gasteiger partial charge on any atom is -0.356 e. The van der Waals surface area contributed by atoms with Gasteiger partial charge in [0.25, 0.3) is 0 Å². The van der Waals surface area contributed by atoms with Gasteiger partial charge in [0, 0.05) is 23.2 Å². The molecule has 2 amide bonds. The molecule has 2 rings (SSSR count). The van der Waals surface area contributed by atoms with E-state index < -0.39 is 0 Å². The van der Waals surface area contributed by atoms with Gasteiger partial charge in [0.05, 0.1) is 6.04 Å². The number of anilines is 1. The highest BCUT2D eigenvalue weighted by Crippen LogP contribution is 2.20. The Hall–Kier alpha value is -1.59. The molecule has 2 N–H and O–H groups in total. The molecule has 0 radical (unpaired) electrons. The van der Waals surface area contributed by atoms with Gasteiger partial charge >= 0.3 is 0 Å². The van der Waals surface area contributed by atoms with Crippen LogP contribution in [0.5, 0.6) is 0 Å². The lowest BCUT2D eigenvalue weighted by Gasteiger charge is -2.34. The van der Waals surface area contributed by atoms with Crippen LogP contribution in [-0.2, 0) is 9.59 Å². The second-order valence-electron chi connectivity index (χ2n) is 6.27. The number of halogens is 1. The number of carbonyl (C=O) groups is 2. The molecule has 132 valence electrons. The van der Waals surface area contributed by atoms with Gasteiger partial charge in [-0.25, -0.2) is 0 Å². The SMILES string of the molecule is CCCNC(=O)C1CCN(C(C)C(=O)Nc2ccc(Cl)cc2)CC1. The second-order valence-corrected chi connectivity index (χ2v) is 6.71. The van der Waals surface area contributed by atoms with Crippen molar-refractivity contribution in [3.8, 4) is 0 Å². The van der Waals surface area contributed by atoms with Crippen LogP contribution in [0.2, 0.25) is 5.02 Å². The standard InChI is InChI=1S/C18H26ClN3O2/c1-3-10-20-18(24)14-8-11-22(12-9-14)13(2)17(23)21-16-6-4-15(19)5-7-16/h4-7,13-14H,3,8-12H2,1-2H3,(H,20,24)(H,21,23). The largest absolute Gasteiger partial charge is 0.356 e. The molecule has 1 saturated heterocycles. The third-order valence-electron chi connectivity index (χ3n) is 4.49. The van der Waals surface area contributed by atoms with Crippen LogP contribution in [0.3, 0.4) is 0 Å². The highest BCUT2D eigenvalue weighted by molar-refractivity contribution is 6.30. The number of benzene rings is 1. The van der Waals surface area contributed by atoms with Gasteiger partial charge in [-0.2, -0.15) is 0 Å². The van der Waals surface area contributed by atoms with E-state index in [2.05, 4.69) is 15.5 Å². The Bertz CT molecular complexity index is 554. The maximum Gasteiger partial charge on any atom is 0.241 e. The van der Waals surface area contributed by atoms with Crippen LogP contribution in [0.15, 0.2) is 24.3 Å². The van der Waals surface area contributed by atoms with Gasteiger partial charge in [0.2, 0.25) is 11.8 Å². The Kier molecular flexibility index (Phi) is 7.06. The summed E-state index contributed by atoms with van der Waals surface area (Å²) in [6.45, 7) is 6.21. The Labute approximate surface area is 148 Å². The average molecular weight is 352 g/mol. The molecule has 1 unspecified atom stereocenters. The fourth-order valence-electron chi connectivity index (χ4n) is 2.89. The number of likely N-dealkylation sites (tertiary alicyclic amines) is 1. The second kappa shape index (κ2) is 9.04. The van der Waals surface area contributed by atoms with E-state index in [9.17, 15) is 9.59 Å². The molecule has 0 aliphatic carbocycles. The van der Waals surface area contributed by atoms with E-state index in [0.717, 1.165) is 44.6 Å². The molecule has 1 aromatic carbocycles. The summed E-state index contributed by atoms with van der Waals surface area (Å²) in [6.07, 6.45) is 2.55. The topological polar surface area (TPSA) is 61.4 Å². The Morgan fingerprint density at radius 1 is 1.25 bits per heavy atom. The maximum atomic E-state index is 12.4. The quantitative estimate of drug-likeness (QED) is 0.828. The molecule has 6 heteroatoms. The molecule has 1 fully saturated rings. The van der Waals surface area contributed by atoms with Crippen molar-refractivity contribution in [2.75, 3.05) is 25.0 Å². The third kappa shape index (κ3) is 5.21. The third-order valence-corrected chi connectivity index (χ3v) is 4.74. The number of hydrogen-bond acceptors (Lipinski definition) is 3. The van der Waals surface area contributed by atoms with Crippen molar-refractivity contribution in [2.24, 2.45) is 5.92 Å². The summed E-state index contributed by atoms with van der Waals surface area (Å²) in [5.41, 5.74) is 0.741. The highest BCUT2D eigenvalue weighted by atomic mass is 35.5. The molecule has 1 aliphatic heterocycles. The summed E-state index contributed by atoms with van der Waals surface area (Å²) in [5, 5.41) is 6.51. The Morgan fingerprint density at radius 2 is 1.88 bits per heavy atom. The van der Waals surface area contributed by atoms with Crippen molar-refractivity contribution in [3.63, 3.8) is 0 Å². The van der Waals surface area contributed by atoms with Gasteiger partial charge in [0.15, 0.2) is 0 Å². The number of hydrogen-bond donors (Lipinski definition) is 2. The summed E-state index contributed by atoms with van der Waals surface area (Å²) >= 11 is 5.85. The lowest BCUT2D eigenvalue weighted by Crippen LogP contribution is -2.48. The molecule has 1 atom stereocenters. The maximum absolute atomic E-state index is 12.4. The predicted octanol–water partition coefficient (Wildman–Crippen LogP) is 2.91. The van der Waals surface area contributed by atoms with Gasteiger partial charge < -0.3 is 10.6 Å². The number of amides is 2. The summed E-state index contributed by atoms with van der Waals surface area (Å²) in [7, 11) is 0. The molecule has 24 heavy (non-hydrogen) atoms. The van der Waals surface area contributed by atoms with E-state index >= 15 is 0 Å². The van der Waals surface area contributed by atoms with Crippen molar-refractivity contribution in [3.05, 3.63) is 29.3 Å². The van der Waals surface area contributed by atoms with E-state index in [1.807, 2.05) is 13.8 Å². The zero-order chi connectivity index (χ0) is 17.5. The Balaban J connectivity index is 1.81. The lowest BCUT2D eigenvalue weighted by atomic mass is 9.95. The zero-order valence-electron chi connectivity index (χ0n) is 14.3. The first-order valence-corrected chi connectivity index (χ1v) is 8.97. The molecule has 0 bridgehead atoms.